The minimum atomic E-state index is -0.348. The zero-order chi connectivity index (χ0) is 13.9. The summed E-state index contributed by atoms with van der Waals surface area (Å²) >= 11 is 0. The molecule has 0 radical (unpaired) electrons. The Balaban J connectivity index is 2.13. The SMILES string of the molecule is OCc1nn(-c2ccccc2F)cc1-c1ccccc1. The van der Waals surface area contributed by atoms with Gasteiger partial charge in [-0.3, -0.25) is 0 Å². The maximum atomic E-state index is 13.8. The number of benzene rings is 2. The summed E-state index contributed by atoms with van der Waals surface area (Å²) in [4.78, 5) is 0. The Labute approximate surface area is 115 Å². The predicted octanol–water partition coefficient (Wildman–Crippen LogP) is 3.17. The van der Waals surface area contributed by atoms with Gasteiger partial charge in [0.25, 0.3) is 0 Å². The molecule has 1 N–H and O–H groups in total. The molecule has 0 aliphatic rings. The molecule has 1 heterocycles. The standard InChI is InChI=1S/C16H13FN2O/c17-14-8-4-5-9-16(14)19-10-13(15(11-20)18-19)12-6-2-1-3-7-12/h1-10,20H,11H2. The van der Waals surface area contributed by atoms with Crippen molar-refractivity contribution in [2.75, 3.05) is 0 Å². The molecule has 4 heteroatoms. The van der Waals surface area contributed by atoms with Gasteiger partial charge in [0, 0.05) is 11.8 Å². The van der Waals surface area contributed by atoms with Crippen LogP contribution in [0.1, 0.15) is 5.69 Å². The highest BCUT2D eigenvalue weighted by atomic mass is 19.1. The van der Waals surface area contributed by atoms with Gasteiger partial charge >= 0.3 is 0 Å². The van der Waals surface area contributed by atoms with Crippen LogP contribution in [0.3, 0.4) is 0 Å². The summed E-state index contributed by atoms with van der Waals surface area (Å²) in [6, 6.07) is 16.0. The molecule has 0 atom stereocenters. The van der Waals surface area contributed by atoms with Gasteiger partial charge in [-0.2, -0.15) is 5.10 Å². The van der Waals surface area contributed by atoms with Crippen LogP contribution >= 0.6 is 0 Å². The van der Waals surface area contributed by atoms with Gasteiger partial charge in [0.15, 0.2) is 0 Å². The highest BCUT2D eigenvalue weighted by molar-refractivity contribution is 5.65. The average Bonchev–Trinajstić information content (AvgIpc) is 2.92. The molecule has 0 amide bonds. The van der Waals surface area contributed by atoms with Crippen molar-refractivity contribution in [1.82, 2.24) is 9.78 Å². The van der Waals surface area contributed by atoms with E-state index in [1.807, 2.05) is 30.3 Å². The first kappa shape index (κ1) is 12.6. The Morgan fingerprint density at radius 1 is 1.00 bits per heavy atom. The number of hydrogen-bond donors (Lipinski definition) is 1. The van der Waals surface area contributed by atoms with E-state index in [-0.39, 0.29) is 12.4 Å². The molecular formula is C16H13FN2O. The van der Waals surface area contributed by atoms with Crippen LogP contribution in [0.4, 0.5) is 4.39 Å². The zero-order valence-corrected chi connectivity index (χ0v) is 10.7. The molecular weight excluding hydrogens is 255 g/mol. The third-order valence-corrected chi connectivity index (χ3v) is 3.12. The highest BCUT2D eigenvalue weighted by Gasteiger charge is 2.12. The zero-order valence-electron chi connectivity index (χ0n) is 10.7. The second kappa shape index (κ2) is 5.27. The number of aliphatic hydroxyl groups excluding tert-OH is 1. The largest absolute Gasteiger partial charge is 0.390 e. The van der Waals surface area contributed by atoms with Crippen molar-refractivity contribution in [1.29, 1.82) is 0 Å². The van der Waals surface area contributed by atoms with Gasteiger partial charge in [-0.15, -0.1) is 0 Å². The molecule has 3 nitrogen and oxygen atoms in total. The van der Waals surface area contributed by atoms with Gasteiger partial charge in [-0.25, -0.2) is 9.07 Å². The summed E-state index contributed by atoms with van der Waals surface area (Å²) in [5.74, 6) is -0.348. The lowest BCUT2D eigenvalue weighted by Crippen LogP contribution is -1.98. The van der Waals surface area contributed by atoms with Crippen molar-refractivity contribution >= 4 is 0 Å². The van der Waals surface area contributed by atoms with Crippen LogP contribution in [0.2, 0.25) is 0 Å². The van der Waals surface area contributed by atoms with Gasteiger partial charge in [-0.1, -0.05) is 42.5 Å². The number of nitrogens with zero attached hydrogens (tertiary/aromatic N) is 2. The quantitative estimate of drug-likeness (QED) is 0.792. The maximum absolute atomic E-state index is 13.8. The summed E-state index contributed by atoms with van der Waals surface area (Å²) in [5.41, 5.74) is 2.64. The molecule has 0 saturated heterocycles. The molecule has 0 aliphatic heterocycles. The van der Waals surface area contributed by atoms with Crippen LogP contribution in [-0.2, 0) is 6.61 Å². The number of aliphatic hydroxyl groups is 1. The van der Waals surface area contributed by atoms with Crippen molar-refractivity contribution in [3.05, 3.63) is 72.3 Å². The Kier molecular flexibility index (Phi) is 3.31. The van der Waals surface area contributed by atoms with E-state index < -0.39 is 0 Å². The maximum Gasteiger partial charge on any atom is 0.148 e. The van der Waals surface area contributed by atoms with E-state index >= 15 is 0 Å². The molecule has 0 bridgehead atoms. The Hall–Kier alpha value is -2.46. The summed E-state index contributed by atoms with van der Waals surface area (Å²) in [5, 5.41) is 13.7. The number of aromatic nitrogens is 2. The molecule has 0 fully saturated rings. The molecule has 0 spiro atoms. The average molecular weight is 268 g/mol. The third-order valence-electron chi connectivity index (χ3n) is 3.12. The van der Waals surface area contributed by atoms with Crippen molar-refractivity contribution in [3.8, 4) is 16.8 Å². The van der Waals surface area contributed by atoms with Crippen molar-refractivity contribution in [3.63, 3.8) is 0 Å². The van der Waals surface area contributed by atoms with Gasteiger partial charge in [0.05, 0.1) is 12.3 Å². The fourth-order valence-electron chi connectivity index (χ4n) is 2.15. The molecule has 0 unspecified atom stereocenters. The first-order valence-electron chi connectivity index (χ1n) is 6.29. The summed E-state index contributed by atoms with van der Waals surface area (Å²) < 4.78 is 15.3. The Morgan fingerprint density at radius 2 is 1.70 bits per heavy atom. The van der Waals surface area contributed by atoms with Gasteiger partial charge in [0.1, 0.15) is 11.5 Å². The second-order valence-electron chi connectivity index (χ2n) is 4.41. The summed E-state index contributed by atoms with van der Waals surface area (Å²) in [6.45, 7) is -0.189. The van der Waals surface area contributed by atoms with Crippen LogP contribution in [0.15, 0.2) is 60.8 Å². The van der Waals surface area contributed by atoms with E-state index in [9.17, 15) is 9.50 Å². The van der Waals surface area contributed by atoms with Crippen LogP contribution in [0.25, 0.3) is 16.8 Å². The lowest BCUT2D eigenvalue weighted by molar-refractivity contribution is 0.276. The molecule has 100 valence electrons. The molecule has 3 rings (SSSR count). The first-order valence-corrected chi connectivity index (χ1v) is 6.29. The van der Waals surface area contributed by atoms with Crippen molar-refractivity contribution < 1.29 is 9.50 Å². The molecule has 0 saturated carbocycles. The van der Waals surface area contributed by atoms with Crippen LogP contribution in [0.5, 0.6) is 0 Å². The third kappa shape index (κ3) is 2.21. The lowest BCUT2D eigenvalue weighted by atomic mass is 10.1. The van der Waals surface area contributed by atoms with Gasteiger partial charge in [-0.05, 0) is 17.7 Å². The second-order valence-corrected chi connectivity index (χ2v) is 4.41. The predicted molar refractivity (Wildman–Crippen MR) is 74.9 cm³/mol. The molecule has 20 heavy (non-hydrogen) atoms. The smallest absolute Gasteiger partial charge is 0.148 e. The number of rotatable bonds is 3. The molecule has 0 aliphatic carbocycles. The first-order chi connectivity index (χ1) is 9.79. The highest BCUT2D eigenvalue weighted by Crippen LogP contribution is 2.25. The minimum Gasteiger partial charge on any atom is -0.390 e. The molecule has 3 aromatic rings. The van der Waals surface area contributed by atoms with E-state index in [0.29, 0.717) is 11.4 Å². The van der Waals surface area contributed by atoms with Gasteiger partial charge in [0.2, 0.25) is 0 Å². The molecule has 2 aromatic carbocycles. The lowest BCUT2D eigenvalue weighted by Gasteiger charge is -2.01. The van der Waals surface area contributed by atoms with E-state index in [1.54, 1.807) is 24.4 Å². The van der Waals surface area contributed by atoms with Crippen molar-refractivity contribution in [2.24, 2.45) is 0 Å². The minimum absolute atomic E-state index is 0.189. The van der Waals surface area contributed by atoms with Crippen LogP contribution in [0, 0.1) is 5.82 Å². The van der Waals surface area contributed by atoms with Gasteiger partial charge < -0.3 is 5.11 Å². The van der Waals surface area contributed by atoms with E-state index in [4.69, 9.17) is 0 Å². The number of para-hydroxylation sites is 1. The van der Waals surface area contributed by atoms with E-state index in [2.05, 4.69) is 5.10 Å². The fourth-order valence-corrected chi connectivity index (χ4v) is 2.15. The van der Waals surface area contributed by atoms with Crippen molar-refractivity contribution in [2.45, 2.75) is 6.61 Å². The van der Waals surface area contributed by atoms with E-state index in [1.165, 1.54) is 10.7 Å². The van der Waals surface area contributed by atoms with E-state index in [0.717, 1.165) is 11.1 Å². The number of hydrogen-bond acceptors (Lipinski definition) is 2. The Morgan fingerprint density at radius 3 is 2.40 bits per heavy atom. The topological polar surface area (TPSA) is 38.1 Å². The number of halogens is 1. The normalized spacial score (nSPS) is 10.7. The fraction of sp³-hybridized carbons (Fsp3) is 0.0625. The molecule has 1 aromatic heterocycles. The van der Waals surface area contributed by atoms with Crippen LogP contribution < -0.4 is 0 Å². The summed E-state index contributed by atoms with van der Waals surface area (Å²) in [6.07, 6.45) is 1.74. The van der Waals surface area contributed by atoms with Crippen LogP contribution in [-0.4, -0.2) is 14.9 Å². The Bertz CT molecular complexity index is 722. The monoisotopic (exact) mass is 268 g/mol. The summed E-state index contributed by atoms with van der Waals surface area (Å²) in [7, 11) is 0.